The minimum Gasteiger partial charge on any atom is -0.347 e. The van der Waals surface area contributed by atoms with Crippen molar-refractivity contribution in [1.82, 2.24) is 30.0 Å². The number of hydrogen-bond acceptors (Lipinski definition) is 7. The molecular formula is C26H21ClN6OS2. The van der Waals surface area contributed by atoms with Crippen LogP contribution in [0.15, 0.2) is 83.6 Å². The second-order valence-electron chi connectivity index (χ2n) is 7.90. The van der Waals surface area contributed by atoms with Crippen LogP contribution in [-0.2, 0) is 12.3 Å². The van der Waals surface area contributed by atoms with E-state index in [1.807, 2.05) is 72.2 Å². The maximum absolute atomic E-state index is 12.6. The zero-order valence-electron chi connectivity index (χ0n) is 19.3. The van der Waals surface area contributed by atoms with Crippen LogP contribution in [0.2, 0.25) is 5.02 Å². The molecule has 5 aromatic rings. The summed E-state index contributed by atoms with van der Waals surface area (Å²) in [6, 6.07) is 19.3. The van der Waals surface area contributed by atoms with Crippen molar-refractivity contribution in [2.45, 2.75) is 24.4 Å². The Morgan fingerprint density at radius 2 is 1.97 bits per heavy atom. The van der Waals surface area contributed by atoms with E-state index in [2.05, 4.69) is 25.5 Å². The molecule has 0 aliphatic carbocycles. The Morgan fingerprint density at radius 3 is 2.78 bits per heavy atom. The zero-order chi connectivity index (χ0) is 24.9. The lowest BCUT2D eigenvalue weighted by atomic mass is 10.2. The van der Waals surface area contributed by atoms with Crippen molar-refractivity contribution in [2.24, 2.45) is 0 Å². The number of aromatic nitrogens is 5. The molecule has 0 unspecified atom stereocenters. The quantitative estimate of drug-likeness (QED) is 0.248. The monoisotopic (exact) mass is 532 g/mol. The molecule has 180 valence electrons. The molecule has 0 fully saturated rings. The maximum Gasteiger partial charge on any atom is 0.271 e. The number of benzene rings is 2. The van der Waals surface area contributed by atoms with Crippen molar-refractivity contribution in [3.63, 3.8) is 0 Å². The molecule has 2 aromatic carbocycles. The molecule has 1 amide bonds. The zero-order valence-corrected chi connectivity index (χ0v) is 21.6. The summed E-state index contributed by atoms with van der Waals surface area (Å²) in [7, 11) is 0. The number of nitrogens with zero attached hydrogens (tertiary/aromatic N) is 5. The van der Waals surface area contributed by atoms with Crippen molar-refractivity contribution in [2.75, 3.05) is 0 Å². The van der Waals surface area contributed by atoms with E-state index in [1.54, 1.807) is 17.8 Å². The molecule has 0 saturated heterocycles. The largest absolute Gasteiger partial charge is 0.347 e. The number of pyridine rings is 1. The van der Waals surface area contributed by atoms with Crippen LogP contribution < -0.4 is 5.32 Å². The molecule has 0 saturated carbocycles. The molecular weight excluding hydrogens is 512 g/mol. The smallest absolute Gasteiger partial charge is 0.271 e. The van der Waals surface area contributed by atoms with Crippen molar-refractivity contribution in [3.8, 4) is 17.1 Å². The normalized spacial score (nSPS) is 10.9. The van der Waals surface area contributed by atoms with E-state index < -0.39 is 0 Å². The average molecular weight is 533 g/mol. The number of thiazole rings is 1. The van der Waals surface area contributed by atoms with Crippen molar-refractivity contribution < 1.29 is 4.79 Å². The number of carbonyl (C=O) groups is 1. The molecule has 3 heterocycles. The minimum atomic E-state index is -0.192. The van der Waals surface area contributed by atoms with Gasteiger partial charge in [-0.15, -0.1) is 21.5 Å². The first kappa shape index (κ1) is 24.2. The summed E-state index contributed by atoms with van der Waals surface area (Å²) in [4.78, 5) is 21.3. The molecule has 0 bridgehead atoms. The van der Waals surface area contributed by atoms with Gasteiger partial charge in [0.05, 0.1) is 11.4 Å². The second-order valence-corrected chi connectivity index (χ2v) is 10.2. The summed E-state index contributed by atoms with van der Waals surface area (Å²) < 4.78 is 1.99. The first-order chi connectivity index (χ1) is 17.6. The number of halogens is 1. The molecule has 0 radical (unpaired) electrons. The molecule has 7 nitrogen and oxygen atoms in total. The van der Waals surface area contributed by atoms with Gasteiger partial charge in [-0.25, -0.2) is 4.98 Å². The van der Waals surface area contributed by atoms with E-state index in [0.29, 0.717) is 34.0 Å². The number of carbonyl (C=O) groups excluding carboxylic acids is 1. The van der Waals surface area contributed by atoms with Crippen LogP contribution in [0.5, 0.6) is 0 Å². The van der Waals surface area contributed by atoms with Crippen molar-refractivity contribution >= 4 is 40.6 Å². The fraction of sp³-hybridized carbons (Fsp3) is 0.115. The van der Waals surface area contributed by atoms with Gasteiger partial charge < -0.3 is 5.32 Å². The van der Waals surface area contributed by atoms with Crippen LogP contribution in [0.25, 0.3) is 17.1 Å². The Morgan fingerprint density at radius 1 is 1.11 bits per heavy atom. The van der Waals surface area contributed by atoms with Gasteiger partial charge in [0, 0.05) is 34.9 Å². The maximum atomic E-state index is 12.6. The summed E-state index contributed by atoms with van der Waals surface area (Å²) in [5.74, 6) is 1.03. The fourth-order valence-corrected chi connectivity index (χ4v) is 5.47. The molecule has 36 heavy (non-hydrogen) atoms. The number of rotatable bonds is 8. The molecule has 5 rings (SSSR count). The Bertz CT molecular complexity index is 1490. The third-order valence-corrected chi connectivity index (χ3v) is 7.58. The van der Waals surface area contributed by atoms with Gasteiger partial charge in [0.1, 0.15) is 10.7 Å². The summed E-state index contributed by atoms with van der Waals surface area (Å²) in [6.45, 7) is 2.48. The van der Waals surface area contributed by atoms with E-state index >= 15 is 0 Å². The molecule has 3 aromatic heterocycles. The summed E-state index contributed by atoms with van der Waals surface area (Å²) >= 11 is 9.29. The lowest BCUT2D eigenvalue weighted by molar-refractivity contribution is 0.0946. The minimum absolute atomic E-state index is 0.192. The molecule has 10 heteroatoms. The Hall–Kier alpha value is -3.53. The van der Waals surface area contributed by atoms with Gasteiger partial charge in [-0.1, -0.05) is 59.8 Å². The second kappa shape index (κ2) is 11.0. The third-order valence-electron chi connectivity index (χ3n) is 5.37. The van der Waals surface area contributed by atoms with E-state index in [9.17, 15) is 4.79 Å². The van der Waals surface area contributed by atoms with Crippen LogP contribution in [0.4, 0.5) is 0 Å². The van der Waals surface area contributed by atoms with Gasteiger partial charge in [0.2, 0.25) is 0 Å². The Kier molecular flexibility index (Phi) is 7.41. The van der Waals surface area contributed by atoms with Crippen LogP contribution in [-0.4, -0.2) is 30.6 Å². The van der Waals surface area contributed by atoms with Gasteiger partial charge in [0.25, 0.3) is 5.91 Å². The van der Waals surface area contributed by atoms with Crippen molar-refractivity contribution in [1.29, 1.82) is 0 Å². The lowest BCUT2D eigenvalue weighted by Crippen LogP contribution is -2.23. The van der Waals surface area contributed by atoms with Crippen LogP contribution in [0.1, 0.15) is 26.6 Å². The van der Waals surface area contributed by atoms with Gasteiger partial charge in [0.15, 0.2) is 11.0 Å². The summed E-state index contributed by atoms with van der Waals surface area (Å²) in [5.41, 5.74) is 4.24. The Balaban J connectivity index is 1.35. The van der Waals surface area contributed by atoms with Crippen LogP contribution in [0.3, 0.4) is 0 Å². The number of nitrogens with one attached hydrogen (secondary N) is 1. The standard InChI is InChI=1S/C26H21ClN6OS2/c1-17-9-10-20(27)12-22(17)33-24(19-8-5-11-28-14-19)31-32-26(33)36-16-23-30-21(15-35-23)25(34)29-13-18-6-3-2-4-7-18/h2-12,14-15H,13,16H2,1H3,(H,29,34). The van der Waals surface area contributed by atoms with E-state index in [1.165, 1.54) is 23.1 Å². The Labute approximate surface area is 221 Å². The van der Waals surface area contributed by atoms with Crippen molar-refractivity contribution in [3.05, 3.63) is 105 Å². The summed E-state index contributed by atoms with van der Waals surface area (Å²) in [5, 5.41) is 15.8. The highest BCUT2D eigenvalue weighted by Gasteiger charge is 2.19. The topological polar surface area (TPSA) is 85.6 Å². The fourth-order valence-electron chi connectivity index (χ4n) is 3.56. The highest BCUT2D eigenvalue weighted by Crippen LogP contribution is 2.32. The van der Waals surface area contributed by atoms with Gasteiger partial charge in [-0.2, -0.15) is 0 Å². The third kappa shape index (κ3) is 5.48. The highest BCUT2D eigenvalue weighted by atomic mass is 35.5. The van der Waals surface area contributed by atoms with E-state index in [-0.39, 0.29) is 5.91 Å². The number of amides is 1. The lowest BCUT2D eigenvalue weighted by Gasteiger charge is -2.13. The van der Waals surface area contributed by atoms with Gasteiger partial charge in [-0.3, -0.25) is 14.3 Å². The van der Waals surface area contributed by atoms with E-state index in [0.717, 1.165) is 27.4 Å². The van der Waals surface area contributed by atoms with Crippen LogP contribution in [0, 0.1) is 6.92 Å². The average Bonchev–Trinajstić information content (AvgIpc) is 3.56. The molecule has 0 spiro atoms. The summed E-state index contributed by atoms with van der Waals surface area (Å²) in [6.07, 6.45) is 3.48. The van der Waals surface area contributed by atoms with Gasteiger partial charge >= 0.3 is 0 Å². The SMILES string of the molecule is Cc1ccc(Cl)cc1-n1c(SCc2nc(C(=O)NCc3ccccc3)cs2)nnc1-c1cccnc1. The van der Waals surface area contributed by atoms with Gasteiger partial charge in [-0.05, 0) is 42.3 Å². The molecule has 0 atom stereocenters. The first-order valence-corrected chi connectivity index (χ1v) is 13.3. The molecule has 0 aliphatic heterocycles. The molecule has 1 N–H and O–H groups in total. The highest BCUT2D eigenvalue weighted by molar-refractivity contribution is 7.98. The van der Waals surface area contributed by atoms with Crippen LogP contribution >= 0.6 is 34.7 Å². The van der Waals surface area contributed by atoms with E-state index in [4.69, 9.17) is 11.6 Å². The number of thioether (sulfide) groups is 1. The molecule has 0 aliphatic rings. The predicted molar refractivity (Wildman–Crippen MR) is 144 cm³/mol. The number of aryl methyl sites for hydroxylation is 1. The first-order valence-electron chi connectivity index (χ1n) is 11.1. The number of hydrogen-bond donors (Lipinski definition) is 1. The predicted octanol–water partition coefficient (Wildman–Crippen LogP) is 5.97.